The first-order valence-electron chi connectivity index (χ1n) is 8.88. The number of nitrogens with zero attached hydrogens (tertiary/aromatic N) is 2. The average molecular weight is 409 g/mol. The molecular weight excluding hydrogens is 395 g/mol. The van der Waals surface area contributed by atoms with E-state index in [0.717, 1.165) is 18.2 Å². The predicted molar refractivity (Wildman–Crippen MR) is 104 cm³/mol. The molecule has 8 heteroatoms. The van der Waals surface area contributed by atoms with Crippen molar-refractivity contribution in [1.82, 2.24) is 10.1 Å². The van der Waals surface area contributed by atoms with Crippen LogP contribution in [0.5, 0.6) is 0 Å². The molecule has 0 saturated heterocycles. The summed E-state index contributed by atoms with van der Waals surface area (Å²) >= 11 is 0. The topological polar surface area (TPSA) is 68.0 Å². The van der Waals surface area contributed by atoms with Gasteiger partial charge in [-0.2, -0.15) is 4.98 Å². The Bertz CT molecular complexity index is 1240. The minimum absolute atomic E-state index is 0.223. The van der Waals surface area contributed by atoms with Crippen molar-refractivity contribution < 1.29 is 22.5 Å². The zero-order valence-corrected chi connectivity index (χ0v) is 15.6. The lowest BCUT2D eigenvalue weighted by molar-refractivity contribution is 0.102. The number of hydrogen-bond donors (Lipinski definition) is 1. The Labute approximate surface area is 169 Å². The molecule has 0 aliphatic rings. The summed E-state index contributed by atoms with van der Waals surface area (Å²) < 4.78 is 45.6. The molecule has 0 saturated carbocycles. The van der Waals surface area contributed by atoms with E-state index in [2.05, 4.69) is 15.5 Å². The Morgan fingerprint density at radius 3 is 2.30 bits per heavy atom. The fraction of sp³-hybridized carbons (Fsp3) is 0.0455. The largest absolute Gasteiger partial charge is 0.339 e. The Morgan fingerprint density at radius 1 is 0.900 bits per heavy atom. The first kappa shape index (κ1) is 19.4. The number of halogens is 3. The van der Waals surface area contributed by atoms with Crippen LogP contribution in [0.15, 0.2) is 65.2 Å². The number of aromatic nitrogens is 2. The maximum Gasteiger partial charge on any atom is 0.255 e. The second kappa shape index (κ2) is 7.82. The van der Waals surface area contributed by atoms with Gasteiger partial charge in [0.1, 0.15) is 5.82 Å². The van der Waals surface area contributed by atoms with Gasteiger partial charge in [-0.25, -0.2) is 13.2 Å². The molecule has 1 heterocycles. The van der Waals surface area contributed by atoms with Crippen LogP contribution in [0.2, 0.25) is 0 Å². The molecule has 4 rings (SSSR count). The van der Waals surface area contributed by atoms with Crippen molar-refractivity contribution in [3.63, 3.8) is 0 Å². The monoisotopic (exact) mass is 409 g/mol. The van der Waals surface area contributed by atoms with Crippen LogP contribution in [-0.4, -0.2) is 16.0 Å². The van der Waals surface area contributed by atoms with E-state index in [4.69, 9.17) is 4.52 Å². The fourth-order valence-electron chi connectivity index (χ4n) is 2.91. The van der Waals surface area contributed by atoms with Crippen LogP contribution in [0.4, 0.5) is 18.9 Å². The van der Waals surface area contributed by atoms with Gasteiger partial charge in [0.25, 0.3) is 5.91 Å². The van der Waals surface area contributed by atoms with Crippen molar-refractivity contribution >= 4 is 11.6 Å². The molecule has 0 aliphatic heterocycles. The van der Waals surface area contributed by atoms with Gasteiger partial charge in [-0.3, -0.25) is 4.79 Å². The molecule has 0 aliphatic carbocycles. The van der Waals surface area contributed by atoms with E-state index in [-0.39, 0.29) is 16.8 Å². The van der Waals surface area contributed by atoms with E-state index in [1.165, 1.54) is 18.2 Å². The van der Waals surface area contributed by atoms with Gasteiger partial charge in [-0.15, -0.1) is 0 Å². The number of hydrogen-bond acceptors (Lipinski definition) is 4. The van der Waals surface area contributed by atoms with E-state index in [1.54, 1.807) is 31.2 Å². The molecule has 0 unspecified atom stereocenters. The van der Waals surface area contributed by atoms with Crippen LogP contribution in [0.1, 0.15) is 16.2 Å². The van der Waals surface area contributed by atoms with Crippen LogP contribution in [0, 0.1) is 24.4 Å². The van der Waals surface area contributed by atoms with Crippen LogP contribution in [0.25, 0.3) is 22.5 Å². The lowest BCUT2D eigenvalue weighted by atomic mass is 10.0. The molecule has 5 nitrogen and oxygen atoms in total. The van der Waals surface area contributed by atoms with Crippen molar-refractivity contribution in [2.45, 2.75) is 6.92 Å². The molecule has 3 aromatic carbocycles. The van der Waals surface area contributed by atoms with Gasteiger partial charge >= 0.3 is 0 Å². The number of aryl methyl sites for hydroxylation is 1. The van der Waals surface area contributed by atoms with Crippen LogP contribution >= 0.6 is 0 Å². The third-order valence-corrected chi connectivity index (χ3v) is 4.39. The molecule has 0 fully saturated rings. The molecule has 1 aromatic heterocycles. The maximum absolute atomic E-state index is 13.8. The molecule has 0 spiro atoms. The number of anilines is 1. The Kier molecular flexibility index (Phi) is 5.05. The Morgan fingerprint density at radius 2 is 1.63 bits per heavy atom. The van der Waals surface area contributed by atoms with Crippen molar-refractivity contribution in [2.75, 3.05) is 5.32 Å². The van der Waals surface area contributed by atoms with Gasteiger partial charge in [0.2, 0.25) is 11.7 Å². The summed E-state index contributed by atoms with van der Waals surface area (Å²) in [7, 11) is 0. The Balaban J connectivity index is 1.61. The second-order valence-corrected chi connectivity index (χ2v) is 6.49. The highest BCUT2D eigenvalue weighted by molar-refractivity contribution is 6.06. The summed E-state index contributed by atoms with van der Waals surface area (Å²) in [6, 6.07) is 13.4. The molecule has 0 radical (unpaired) electrons. The minimum Gasteiger partial charge on any atom is -0.339 e. The quantitative estimate of drug-likeness (QED) is 0.491. The first-order valence-corrected chi connectivity index (χ1v) is 8.88. The first-order chi connectivity index (χ1) is 14.4. The molecule has 0 atom stereocenters. The smallest absolute Gasteiger partial charge is 0.255 e. The van der Waals surface area contributed by atoms with Gasteiger partial charge in [0.15, 0.2) is 11.6 Å². The zero-order chi connectivity index (χ0) is 21.3. The van der Waals surface area contributed by atoms with Gasteiger partial charge in [0.05, 0.1) is 0 Å². The summed E-state index contributed by atoms with van der Waals surface area (Å²) in [6.45, 7) is 1.67. The van der Waals surface area contributed by atoms with Crippen LogP contribution in [0.3, 0.4) is 0 Å². The average Bonchev–Trinajstić information content (AvgIpc) is 3.18. The lowest BCUT2D eigenvalue weighted by Crippen LogP contribution is -2.12. The SMILES string of the molecule is Cc1nc(-c2ccc(C(=O)Nc3ccc(F)cc3-c3ccc(F)c(F)c3)cc2)no1. The molecule has 1 amide bonds. The van der Waals surface area contributed by atoms with Crippen LogP contribution in [-0.2, 0) is 0 Å². The predicted octanol–water partition coefficient (Wildman–Crippen LogP) is 5.38. The summed E-state index contributed by atoms with van der Waals surface area (Å²) in [5.74, 6) is -2.29. The minimum atomic E-state index is -1.07. The van der Waals surface area contributed by atoms with Gasteiger partial charge < -0.3 is 9.84 Å². The van der Waals surface area contributed by atoms with Crippen molar-refractivity contribution in [2.24, 2.45) is 0 Å². The van der Waals surface area contributed by atoms with Crippen molar-refractivity contribution in [1.29, 1.82) is 0 Å². The standard InChI is InChI=1S/C22H14F3N3O2/c1-12-26-21(28-30-12)13-2-4-14(5-3-13)22(29)27-20-9-7-16(23)11-17(20)15-6-8-18(24)19(25)10-15/h2-11H,1H3,(H,27,29). The molecule has 150 valence electrons. The summed E-state index contributed by atoms with van der Waals surface area (Å²) in [5, 5.41) is 6.49. The summed E-state index contributed by atoms with van der Waals surface area (Å²) in [4.78, 5) is 16.8. The number of carbonyl (C=O) groups is 1. The zero-order valence-electron chi connectivity index (χ0n) is 15.6. The third kappa shape index (κ3) is 3.93. The molecule has 0 bridgehead atoms. The molecule has 1 N–H and O–H groups in total. The molecular formula is C22H14F3N3O2. The number of amides is 1. The number of carbonyl (C=O) groups excluding carboxylic acids is 1. The Hall–Kier alpha value is -3.94. The van der Waals surface area contributed by atoms with Gasteiger partial charge in [-0.05, 0) is 48.0 Å². The molecule has 4 aromatic rings. The highest BCUT2D eigenvalue weighted by Crippen LogP contribution is 2.30. The van der Waals surface area contributed by atoms with Crippen molar-refractivity contribution in [3.8, 4) is 22.5 Å². The highest BCUT2D eigenvalue weighted by Gasteiger charge is 2.14. The highest BCUT2D eigenvalue weighted by atomic mass is 19.2. The lowest BCUT2D eigenvalue weighted by Gasteiger charge is -2.12. The van der Waals surface area contributed by atoms with E-state index >= 15 is 0 Å². The fourth-order valence-corrected chi connectivity index (χ4v) is 2.91. The molecule has 30 heavy (non-hydrogen) atoms. The van der Waals surface area contributed by atoms with E-state index in [1.807, 2.05) is 0 Å². The number of benzene rings is 3. The summed E-state index contributed by atoms with van der Waals surface area (Å²) in [6.07, 6.45) is 0. The summed E-state index contributed by atoms with van der Waals surface area (Å²) in [5.41, 5.74) is 1.71. The second-order valence-electron chi connectivity index (χ2n) is 6.49. The number of nitrogens with one attached hydrogen (secondary N) is 1. The van der Waals surface area contributed by atoms with Crippen molar-refractivity contribution in [3.05, 3.63) is 89.6 Å². The normalized spacial score (nSPS) is 10.8. The van der Waals surface area contributed by atoms with E-state index in [9.17, 15) is 18.0 Å². The van der Waals surface area contributed by atoms with Gasteiger partial charge in [0, 0.05) is 29.3 Å². The third-order valence-electron chi connectivity index (χ3n) is 4.39. The number of rotatable bonds is 4. The van der Waals surface area contributed by atoms with E-state index in [0.29, 0.717) is 22.8 Å². The van der Waals surface area contributed by atoms with Crippen LogP contribution < -0.4 is 5.32 Å². The van der Waals surface area contributed by atoms with Gasteiger partial charge in [-0.1, -0.05) is 23.4 Å². The van der Waals surface area contributed by atoms with E-state index < -0.39 is 23.4 Å². The maximum atomic E-state index is 13.8.